The fraction of sp³-hybridized carbons (Fsp3) is 0.125. The fourth-order valence-electron chi connectivity index (χ4n) is 1.66. The van der Waals surface area contributed by atoms with Crippen molar-refractivity contribution in [3.8, 4) is 12.0 Å². The van der Waals surface area contributed by atoms with Gasteiger partial charge in [-0.05, 0) is 37.1 Å². The minimum absolute atomic E-state index is 0.543. The molecule has 20 heavy (non-hydrogen) atoms. The minimum Gasteiger partial charge on any atom is -0.206 e. The average Bonchev–Trinajstić information content (AvgIpc) is 2.41. The van der Waals surface area contributed by atoms with Gasteiger partial charge in [0.05, 0.1) is 11.9 Å². The molecule has 0 aliphatic rings. The van der Waals surface area contributed by atoms with Crippen LogP contribution in [0.25, 0.3) is 0 Å². The van der Waals surface area contributed by atoms with Crippen LogP contribution in [-0.4, -0.2) is 14.7 Å². The first-order valence-electron chi connectivity index (χ1n) is 6.10. The molecule has 0 atom stereocenters. The maximum Gasteiger partial charge on any atom is 0.243 e. The van der Waals surface area contributed by atoms with Gasteiger partial charge in [0.1, 0.15) is 0 Å². The lowest BCUT2D eigenvalue weighted by Crippen LogP contribution is -2.24. The molecule has 0 spiro atoms. The highest BCUT2D eigenvalue weighted by atomic mass is 32.2. The third kappa shape index (κ3) is 3.62. The van der Waals surface area contributed by atoms with Crippen molar-refractivity contribution in [2.45, 2.75) is 6.92 Å². The van der Waals surface area contributed by atoms with E-state index in [1.807, 2.05) is 49.4 Å². The van der Waals surface area contributed by atoms with Crippen LogP contribution in [0.3, 0.4) is 0 Å². The molecular formula is C16H15NO2S. The normalized spacial score (nSPS) is 10.5. The Morgan fingerprint density at radius 1 is 0.950 bits per heavy atom. The van der Waals surface area contributed by atoms with E-state index in [9.17, 15) is 8.42 Å². The van der Waals surface area contributed by atoms with Crippen LogP contribution in [0.2, 0.25) is 0 Å². The summed E-state index contributed by atoms with van der Waals surface area (Å²) in [5.41, 5.74) is 2.38. The molecule has 0 fully saturated rings. The Balaban J connectivity index is 2.41. The van der Waals surface area contributed by atoms with Crippen LogP contribution in [0.15, 0.2) is 54.6 Å². The predicted molar refractivity (Wildman–Crippen MR) is 81.8 cm³/mol. The van der Waals surface area contributed by atoms with E-state index in [1.54, 1.807) is 12.1 Å². The number of rotatable bonds is 2. The van der Waals surface area contributed by atoms with Gasteiger partial charge in [-0.3, -0.25) is 0 Å². The molecule has 0 radical (unpaired) electrons. The molecule has 2 aromatic rings. The number of benzene rings is 2. The second-order valence-corrected chi connectivity index (χ2v) is 6.30. The number of hydrogen-bond donors (Lipinski definition) is 0. The van der Waals surface area contributed by atoms with Crippen LogP contribution >= 0.6 is 0 Å². The lowest BCUT2D eigenvalue weighted by atomic mass is 10.2. The Labute approximate surface area is 119 Å². The molecule has 2 aromatic carbocycles. The first-order chi connectivity index (χ1) is 9.47. The lowest BCUT2D eigenvalue weighted by Gasteiger charge is -2.14. The van der Waals surface area contributed by atoms with Crippen molar-refractivity contribution >= 4 is 15.7 Å². The van der Waals surface area contributed by atoms with Crippen molar-refractivity contribution in [2.75, 3.05) is 10.6 Å². The van der Waals surface area contributed by atoms with Crippen molar-refractivity contribution in [1.82, 2.24) is 0 Å². The Morgan fingerprint density at radius 3 is 2.10 bits per heavy atom. The topological polar surface area (TPSA) is 37.4 Å². The Hall–Kier alpha value is -2.25. The molecule has 0 saturated heterocycles. The molecule has 0 aliphatic carbocycles. The summed E-state index contributed by atoms with van der Waals surface area (Å²) < 4.78 is 24.8. The standard InChI is InChI=1S/C16H15NO2S/c1-14-8-10-16(11-9-14)17(20(2,18)19)13-12-15-6-4-3-5-7-15/h3-11H,1-2H3. The van der Waals surface area contributed by atoms with E-state index in [0.717, 1.165) is 21.7 Å². The Morgan fingerprint density at radius 2 is 1.55 bits per heavy atom. The first kappa shape index (κ1) is 14.2. The van der Waals surface area contributed by atoms with Crippen LogP contribution in [0.4, 0.5) is 5.69 Å². The van der Waals surface area contributed by atoms with Crippen molar-refractivity contribution in [3.63, 3.8) is 0 Å². The molecule has 0 N–H and O–H groups in total. The SMILES string of the molecule is Cc1ccc(N(C#Cc2ccccc2)S(C)(=O)=O)cc1. The summed E-state index contributed by atoms with van der Waals surface area (Å²) >= 11 is 0. The molecule has 0 saturated carbocycles. The van der Waals surface area contributed by atoms with E-state index in [-0.39, 0.29) is 0 Å². The van der Waals surface area contributed by atoms with E-state index < -0.39 is 10.0 Å². The molecule has 0 aliphatic heterocycles. The van der Waals surface area contributed by atoms with Crippen LogP contribution in [0, 0.1) is 18.9 Å². The van der Waals surface area contributed by atoms with Gasteiger partial charge in [0.15, 0.2) is 0 Å². The zero-order valence-corrected chi connectivity index (χ0v) is 12.2. The van der Waals surface area contributed by atoms with Gasteiger partial charge in [-0.1, -0.05) is 35.9 Å². The second kappa shape index (κ2) is 5.81. The zero-order valence-electron chi connectivity index (χ0n) is 11.4. The highest BCUT2D eigenvalue weighted by Gasteiger charge is 2.14. The zero-order chi connectivity index (χ0) is 14.6. The van der Waals surface area contributed by atoms with Crippen molar-refractivity contribution < 1.29 is 8.42 Å². The fourth-order valence-corrected chi connectivity index (χ4v) is 2.37. The Kier molecular flexibility index (Phi) is 4.11. The molecule has 0 unspecified atom stereocenters. The van der Waals surface area contributed by atoms with Gasteiger partial charge < -0.3 is 0 Å². The number of aryl methyl sites for hydroxylation is 1. The lowest BCUT2D eigenvalue weighted by molar-refractivity contribution is 0.602. The third-order valence-corrected chi connectivity index (χ3v) is 3.64. The van der Waals surface area contributed by atoms with Crippen molar-refractivity contribution in [3.05, 3.63) is 65.7 Å². The molecular weight excluding hydrogens is 270 g/mol. The van der Waals surface area contributed by atoms with Gasteiger partial charge in [0, 0.05) is 11.6 Å². The molecule has 0 heterocycles. The summed E-state index contributed by atoms with van der Waals surface area (Å²) in [4.78, 5) is 0. The van der Waals surface area contributed by atoms with Crippen molar-refractivity contribution in [1.29, 1.82) is 0 Å². The second-order valence-electron chi connectivity index (χ2n) is 4.47. The molecule has 0 bridgehead atoms. The number of nitrogens with zero attached hydrogens (tertiary/aromatic N) is 1. The molecule has 0 amide bonds. The molecule has 102 valence electrons. The predicted octanol–water partition coefficient (Wildman–Crippen LogP) is 2.77. The molecule has 0 aromatic heterocycles. The average molecular weight is 285 g/mol. The third-order valence-electron chi connectivity index (χ3n) is 2.68. The van der Waals surface area contributed by atoms with E-state index in [2.05, 4.69) is 12.0 Å². The van der Waals surface area contributed by atoms with Crippen LogP contribution in [0.5, 0.6) is 0 Å². The molecule has 4 heteroatoms. The highest BCUT2D eigenvalue weighted by Crippen LogP contribution is 2.17. The van der Waals surface area contributed by atoms with Crippen LogP contribution < -0.4 is 4.31 Å². The smallest absolute Gasteiger partial charge is 0.206 e. The maximum atomic E-state index is 11.9. The van der Waals surface area contributed by atoms with E-state index in [1.165, 1.54) is 0 Å². The first-order valence-corrected chi connectivity index (χ1v) is 7.95. The largest absolute Gasteiger partial charge is 0.243 e. The Bertz CT molecular complexity index is 739. The summed E-state index contributed by atoms with van der Waals surface area (Å²) in [5.74, 6) is 2.86. The van der Waals surface area contributed by atoms with E-state index in [4.69, 9.17) is 0 Å². The summed E-state index contributed by atoms with van der Waals surface area (Å²) in [6, 6.07) is 19.2. The monoisotopic (exact) mass is 285 g/mol. The summed E-state index contributed by atoms with van der Waals surface area (Å²) in [6.07, 6.45) is 1.15. The van der Waals surface area contributed by atoms with Crippen LogP contribution in [-0.2, 0) is 10.0 Å². The summed E-state index contributed by atoms with van der Waals surface area (Å²) in [6.45, 7) is 1.95. The summed E-state index contributed by atoms with van der Waals surface area (Å²) in [7, 11) is -3.44. The van der Waals surface area contributed by atoms with E-state index >= 15 is 0 Å². The number of sulfonamides is 1. The number of anilines is 1. The highest BCUT2D eigenvalue weighted by molar-refractivity contribution is 7.92. The molecule has 3 nitrogen and oxygen atoms in total. The van der Waals surface area contributed by atoms with Gasteiger partial charge in [-0.15, -0.1) is 0 Å². The quantitative estimate of drug-likeness (QED) is 0.628. The maximum absolute atomic E-state index is 11.9. The van der Waals surface area contributed by atoms with Gasteiger partial charge in [0.2, 0.25) is 10.0 Å². The molecule has 2 rings (SSSR count). The van der Waals surface area contributed by atoms with Gasteiger partial charge in [-0.25, -0.2) is 8.42 Å². The number of hydrogen-bond acceptors (Lipinski definition) is 2. The van der Waals surface area contributed by atoms with Gasteiger partial charge >= 0.3 is 0 Å². The van der Waals surface area contributed by atoms with Gasteiger partial charge in [0.25, 0.3) is 0 Å². The van der Waals surface area contributed by atoms with Gasteiger partial charge in [-0.2, -0.15) is 4.31 Å². The van der Waals surface area contributed by atoms with E-state index in [0.29, 0.717) is 5.69 Å². The van der Waals surface area contributed by atoms with Crippen LogP contribution in [0.1, 0.15) is 11.1 Å². The summed E-state index contributed by atoms with van der Waals surface area (Å²) in [5, 5.41) is 0. The minimum atomic E-state index is -3.44. The van der Waals surface area contributed by atoms with Crippen molar-refractivity contribution in [2.24, 2.45) is 0 Å².